The van der Waals surface area contributed by atoms with E-state index in [0.717, 1.165) is 17.8 Å². The fourth-order valence-electron chi connectivity index (χ4n) is 6.56. The van der Waals surface area contributed by atoms with Gasteiger partial charge in [-0.05, 0) is 97.4 Å². The van der Waals surface area contributed by atoms with Gasteiger partial charge in [-0.25, -0.2) is 0 Å². The molecule has 4 fully saturated rings. The highest BCUT2D eigenvalue weighted by Gasteiger charge is 2.52. The molecule has 0 atom stereocenters. The summed E-state index contributed by atoms with van der Waals surface area (Å²) in [5.74, 6) is 3.19. The molecule has 0 aromatic heterocycles. The number of allylic oxidation sites excluding steroid dienone is 1. The maximum Gasteiger partial charge on any atom is 0.119 e. The largest absolute Gasteiger partial charge is 0.508 e. The molecule has 134 valence electrons. The molecule has 2 aromatic rings. The van der Waals surface area contributed by atoms with Crippen molar-refractivity contribution in [2.24, 2.45) is 17.8 Å². The first-order valence-electron chi connectivity index (χ1n) is 10.2. The van der Waals surface area contributed by atoms with Gasteiger partial charge in [0.05, 0.1) is 0 Å². The van der Waals surface area contributed by atoms with Crippen LogP contribution in [0.4, 0.5) is 0 Å². The number of rotatable bonds is 3. The van der Waals surface area contributed by atoms with E-state index < -0.39 is 0 Å². The Labute approximate surface area is 156 Å². The number of benzene rings is 2. The van der Waals surface area contributed by atoms with Crippen molar-refractivity contribution >= 4 is 6.08 Å². The minimum absolute atomic E-state index is 0.236. The molecule has 4 aliphatic rings. The maximum atomic E-state index is 10.7. The fourth-order valence-corrected chi connectivity index (χ4v) is 6.56. The highest BCUT2D eigenvalue weighted by atomic mass is 16.3. The van der Waals surface area contributed by atoms with Gasteiger partial charge in [-0.3, -0.25) is 0 Å². The molecule has 2 aromatic carbocycles. The average Bonchev–Trinajstić information content (AvgIpc) is 2.62. The standard InChI is InChI=1S/C25H28O/c1-2-3-17-4-6-21(7-5-17)22-8-9-24(26)23(13-22)25-14-18-10-19(15-25)12-20(11-18)16-25/h2-9,13,18-20,26H,10-12,14-16H2,1H3/b3-2+. The van der Waals surface area contributed by atoms with Crippen LogP contribution in [0.25, 0.3) is 17.2 Å². The van der Waals surface area contributed by atoms with Crippen molar-refractivity contribution < 1.29 is 5.11 Å². The van der Waals surface area contributed by atoms with Gasteiger partial charge in [-0.1, -0.05) is 42.5 Å². The van der Waals surface area contributed by atoms with Gasteiger partial charge >= 0.3 is 0 Å². The predicted octanol–water partition coefficient (Wildman–Crippen LogP) is 6.56. The maximum absolute atomic E-state index is 10.7. The second-order valence-electron chi connectivity index (χ2n) is 9.05. The van der Waals surface area contributed by atoms with Gasteiger partial charge in [0.15, 0.2) is 0 Å². The lowest BCUT2D eigenvalue weighted by Gasteiger charge is -2.57. The second-order valence-corrected chi connectivity index (χ2v) is 9.05. The molecule has 1 nitrogen and oxygen atoms in total. The molecule has 6 rings (SSSR count). The summed E-state index contributed by atoms with van der Waals surface area (Å²) in [4.78, 5) is 0. The summed E-state index contributed by atoms with van der Waals surface area (Å²) >= 11 is 0. The lowest BCUT2D eigenvalue weighted by molar-refractivity contribution is -0.00611. The summed E-state index contributed by atoms with van der Waals surface area (Å²) in [7, 11) is 0. The Balaban J connectivity index is 1.53. The van der Waals surface area contributed by atoms with Crippen molar-refractivity contribution in [2.45, 2.75) is 50.9 Å². The molecule has 0 radical (unpaired) electrons. The van der Waals surface area contributed by atoms with Crippen LogP contribution in [-0.4, -0.2) is 5.11 Å². The van der Waals surface area contributed by atoms with E-state index in [2.05, 4.69) is 48.6 Å². The van der Waals surface area contributed by atoms with Crippen LogP contribution in [0.15, 0.2) is 48.5 Å². The number of hydrogen-bond acceptors (Lipinski definition) is 1. The van der Waals surface area contributed by atoms with Gasteiger partial charge in [0.1, 0.15) is 5.75 Å². The summed E-state index contributed by atoms with van der Waals surface area (Å²) in [5.41, 5.74) is 5.17. The lowest BCUT2D eigenvalue weighted by atomic mass is 9.48. The van der Waals surface area contributed by atoms with Crippen LogP contribution in [0.3, 0.4) is 0 Å². The van der Waals surface area contributed by atoms with Gasteiger partial charge in [-0.2, -0.15) is 0 Å². The molecule has 1 heteroatoms. The molecule has 0 unspecified atom stereocenters. The van der Waals surface area contributed by atoms with E-state index in [0.29, 0.717) is 5.75 Å². The molecule has 26 heavy (non-hydrogen) atoms. The molecular formula is C25H28O. The lowest BCUT2D eigenvalue weighted by Crippen LogP contribution is -2.48. The van der Waals surface area contributed by atoms with Gasteiger partial charge in [0.25, 0.3) is 0 Å². The number of aromatic hydroxyl groups is 1. The molecule has 4 aliphatic carbocycles. The zero-order valence-corrected chi connectivity index (χ0v) is 15.6. The summed E-state index contributed by atoms with van der Waals surface area (Å²) < 4.78 is 0. The van der Waals surface area contributed by atoms with Gasteiger partial charge in [-0.15, -0.1) is 0 Å². The molecule has 0 amide bonds. The number of hydrogen-bond donors (Lipinski definition) is 1. The zero-order valence-electron chi connectivity index (χ0n) is 15.6. The first kappa shape index (κ1) is 16.2. The topological polar surface area (TPSA) is 20.2 Å². The van der Waals surface area contributed by atoms with E-state index in [-0.39, 0.29) is 5.41 Å². The quantitative estimate of drug-likeness (QED) is 0.668. The Hall–Kier alpha value is -2.02. The fraction of sp³-hybridized carbons (Fsp3) is 0.440. The molecule has 0 heterocycles. The molecular weight excluding hydrogens is 316 g/mol. The summed E-state index contributed by atoms with van der Waals surface area (Å²) in [5, 5.41) is 10.7. The number of phenols is 1. The van der Waals surface area contributed by atoms with Crippen LogP contribution in [-0.2, 0) is 5.41 Å². The first-order chi connectivity index (χ1) is 12.6. The molecule has 0 saturated heterocycles. The molecule has 4 bridgehead atoms. The third-order valence-electron chi connectivity index (χ3n) is 7.21. The Morgan fingerprint density at radius 3 is 2.00 bits per heavy atom. The van der Waals surface area contributed by atoms with Crippen LogP contribution in [0, 0.1) is 17.8 Å². The smallest absolute Gasteiger partial charge is 0.119 e. The highest BCUT2D eigenvalue weighted by molar-refractivity contribution is 5.68. The van der Waals surface area contributed by atoms with E-state index >= 15 is 0 Å². The Morgan fingerprint density at radius 1 is 0.846 bits per heavy atom. The SMILES string of the molecule is C/C=C/c1ccc(-c2ccc(O)c(C34CC5CC(CC(C5)C3)C4)c2)cc1. The Morgan fingerprint density at radius 2 is 1.42 bits per heavy atom. The second kappa shape index (κ2) is 6.01. The minimum Gasteiger partial charge on any atom is -0.508 e. The zero-order chi connectivity index (χ0) is 17.7. The average molecular weight is 344 g/mol. The van der Waals surface area contributed by atoms with Crippen molar-refractivity contribution in [2.75, 3.05) is 0 Å². The van der Waals surface area contributed by atoms with Gasteiger partial charge in [0.2, 0.25) is 0 Å². The van der Waals surface area contributed by atoms with Crippen molar-refractivity contribution in [3.05, 3.63) is 59.7 Å². The van der Waals surface area contributed by atoms with Crippen LogP contribution < -0.4 is 0 Å². The Kier molecular flexibility index (Phi) is 3.74. The normalized spacial score (nSPS) is 32.4. The van der Waals surface area contributed by atoms with Crippen molar-refractivity contribution in [1.29, 1.82) is 0 Å². The van der Waals surface area contributed by atoms with Crippen LogP contribution in [0.5, 0.6) is 5.75 Å². The van der Waals surface area contributed by atoms with Crippen molar-refractivity contribution in [1.82, 2.24) is 0 Å². The summed E-state index contributed by atoms with van der Waals surface area (Å²) in [6.07, 6.45) is 12.4. The molecule has 1 N–H and O–H groups in total. The van der Waals surface area contributed by atoms with Crippen molar-refractivity contribution in [3.63, 3.8) is 0 Å². The van der Waals surface area contributed by atoms with Crippen molar-refractivity contribution in [3.8, 4) is 16.9 Å². The summed E-state index contributed by atoms with van der Waals surface area (Å²) in [6, 6.07) is 15.1. The van der Waals surface area contributed by atoms with Crippen LogP contribution in [0.1, 0.15) is 56.6 Å². The first-order valence-corrected chi connectivity index (χ1v) is 10.2. The van der Waals surface area contributed by atoms with Crippen LogP contribution in [0.2, 0.25) is 0 Å². The van der Waals surface area contributed by atoms with Crippen LogP contribution >= 0.6 is 0 Å². The minimum atomic E-state index is 0.236. The molecule has 0 aliphatic heterocycles. The highest BCUT2D eigenvalue weighted by Crippen LogP contribution is 2.62. The third kappa shape index (κ3) is 2.60. The van der Waals surface area contributed by atoms with E-state index in [4.69, 9.17) is 0 Å². The predicted molar refractivity (Wildman–Crippen MR) is 108 cm³/mol. The van der Waals surface area contributed by atoms with Gasteiger partial charge < -0.3 is 5.11 Å². The molecule has 0 spiro atoms. The van der Waals surface area contributed by atoms with E-state index in [1.54, 1.807) is 0 Å². The van der Waals surface area contributed by atoms with E-state index in [1.165, 1.54) is 60.8 Å². The monoisotopic (exact) mass is 344 g/mol. The Bertz CT molecular complexity index is 808. The number of phenolic OH excluding ortho intramolecular Hbond substituents is 1. The van der Waals surface area contributed by atoms with E-state index in [9.17, 15) is 5.11 Å². The summed E-state index contributed by atoms with van der Waals surface area (Å²) in [6.45, 7) is 2.05. The van der Waals surface area contributed by atoms with E-state index in [1.807, 2.05) is 13.0 Å². The third-order valence-corrected chi connectivity index (χ3v) is 7.21. The van der Waals surface area contributed by atoms with Gasteiger partial charge in [0, 0.05) is 5.56 Å². The molecule has 4 saturated carbocycles.